The molecule has 1 fully saturated rings. The molecule has 1 aliphatic rings. The van der Waals surface area contributed by atoms with Crippen LogP contribution in [-0.4, -0.2) is 24.0 Å². The summed E-state index contributed by atoms with van der Waals surface area (Å²) in [5.41, 5.74) is 0. The molecule has 0 bridgehead atoms. The third kappa shape index (κ3) is 4.72. The normalized spacial score (nSPS) is 17.7. The average molecular weight is 312 g/mol. The van der Waals surface area contributed by atoms with Crippen molar-refractivity contribution in [2.24, 2.45) is 5.92 Å². The minimum atomic E-state index is 0. The largest absolute Gasteiger partial charge is 0.349 e. The average Bonchev–Trinajstić information content (AvgIpc) is 2.96. The van der Waals surface area contributed by atoms with Crippen LogP contribution in [0.1, 0.15) is 23.2 Å². The van der Waals surface area contributed by atoms with Crippen LogP contribution in [0.25, 0.3) is 0 Å². The molecule has 0 radical (unpaired) electrons. The van der Waals surface area contributed by atoms with Gasteiger partial charge in [-0.2, -0.15) is 0 Å². The van der Waals surface area contributed by atoms with E-state index in [1.54, 1.807) is 11.3 Å². The van der Waals surface area contributed by atoms with Crippen LogP contribution in [0.2, 0.25) is 0 Å². The first-order valence-electron chi connectivity index (χ1n) is 5.71. The number of nitrogens with one attached hydrogen (secondary N) is 2. The van der Waals surface area contributed by atoms with Crippen molar-refractivity contribution in [2.75, 3.05) is 13.1 Å². The number of carbonyl (C=O) groups excluding carboxylic acids is 1. The molecule has 7 heteroatoms. The number of hydrogen-bond acceptors (Lipinski definition) is 4. The quantitative estimate of drug-likeness (QED) is 0.891. The Bertz CT molecular complexity index is 367. The third-order valence-corrected chi connectivity index (χ3v) is 3.94. The molecule has 0 aliphatic carbocycles. The van der Waals surface area contributed by atoms with E-state index in [2.05, 4.69) is 22.5 Å². The number of rotatable bonds is 4. The highest BCUT2D eigenvalue weighted by Crippen LogP contribution is 2.13. The topological polar surface area (TPSA) is 54.0 Å². The van der Waals surface area contributed by atoms with Crippen molar-refractivity contribution in [1.82, 2.24) is 15.6 Å². The molecule has 2 heterocycles. The van der Waals surface area contributed by atoms with Crippen LogP contribution < -0.4 is 10.6 Å². The fourth-order valence-electron chi connectivity index (χ4n) is 1.78. The summed E-state index contributed by atoms with van der Waals surface area (Å²) in [6.07, 6.45) is 3.85. The molecule has 0 saturated carbocycles. The van der Waals surface area contributed by atoms with Gasteiger partial charge in [0.2, 0.25) is 5.91 Å². The van der Waals surface area contributed by atoms with Crippen LogP contribution >= 0.6 is 36.2 Å². The third-order valence-electron chi connectivity index (χ3n) is 2.79. The lowest BCUT2D eigenvalue weighted by Crippen LogP contribution is -2.31. The Morgan fingerprint density at radius 1 is 1.61 bits per heavy atom. The SMILES string of the molecule is CCc1cnc(CNC(=O)C2CCNC2)s1.Cl.Cl. The zero-order valence-corrected chi connectivity index (χ0v) is 12.7. The molecular weight excluding hydrogens is 293 g/mol. The first-order valence-corrected chi connectivity index (χ1v) is 6.53. The number of amides is 1. The molecule has 4 nitrogen and oxygen atoms in total. The minimum Gasteiger partial charge on any atom is -0.349 e. The number of hydrogen-bond donors (Lipinski definition) is 2. The number of carbonyl (C=O) groups is 1. The van der Waals surface area contributed by atoms with Gasteiger partial charge in [-0.25, -0.2) is 4.98 Å². The molecular formula is C11H19Cl2N3OS. The van der Waals surface area contributed by atoms with E-state index in [-0.39, 0.29) is 36.6 Å². The Labute approximate surface area is 124 Å². The number of halogens is 2. The molecule has 1 aromatic rings. The fraction of sp³-hybridized carbons (Fsp3) is 0.636. The first kappa shape index (κ1) is 17.6. The van der Waals surface area contributed by atoms with E-state index < -0.39 is 0 Å². The van der Waals surface area contributed by atoms with Crippen molar-refractivity contribution >= 4 is 42.1 Å². The van der Waals surface area contributed by atoms with E-state index in [1.165, 1.54) is 4.88 Å². The molecule has 0 spiro atoms. The summed E-state index contributed by atoms with van der Waals surface area (Å²) in [6.45, 7) is 4.44. The summed E-state index contributed by atoms with van der Waals surface area (Å²) in [5, 5.41) is 7.13. The van der Waals surface area contributed by atoms with Crippen molar-refractivity contribution in [3.63, 3.8) is 0 Å². The maximum absolute atomic E-state index is 11.7. The smallest absolute Gasteiger partial charge is 0.224 e. The van der Waals surface area contributed by atoms with E-state index in [4.69, 9.17) is 0 Å². The Kier molecular flexibility index (Phi) is 8.52. The highest BCUT2D eigenvalue weighted by molar-refractivity contribution is 7.11. The van der Waals surface area contributed by atoms with Crippen molar-refractivity contribution in [3.05, 3.63) is 16.1 Å². The molecule has 18 heavy (non-hydrogen) atoms. The van der Waals surface area contributed by atoms with E-state index >= 15 is 0 Å². The van der Waals surface area contributed by atoms with E-state index in [1.807, 2.05) is 6.20 Å². The van der Waals surface area contributed by atoms with Gasteiger partial charge in [0.15, 0.2) is 0 Å². The highest BCUT2D eigenvalue weighted by atomic mass is 35.5. The van der Waals surface area contributed by atoms with Gasteiger partial charge in [-0.05, 0) is 19.4 Å². The number of thiazole rings is 1. The summed E-state index contributed by atoms with van der Waals surface area (Å²) >= 11 is 1.68. The van der Waals surface area contributed by atoms with Crippen molar-refractivity contribution in [1.29, 1.82) is 0 Å². The Morgan fingerprint density at radius 2 is 2.39 bits per heavy atom. The van der Waals surface area contributed by atoms with Gasteiger partial charge in [-0.3, -0.25) is 4.79 Å². The molecule has 1 saturated heterocycles. The summed E-state index contributed by atoms with van der Waals surface area (Å²) in [7, 11) is 0. The van der Waals surface area contributed by atoms with E-state index in [9.17, 15) is 4.79 Å². The lowest BCUT2D eigenvalue weighted by molar-refractivity contribution is -0.124. The van der Waals surface area contributed by atoms with Gasteiger partial charge in [0.25, 0.3) is 0 Å². The molecule has 2 N–H and O–H groups in total. The van der Waals surface area contributed by atoms with Crippen LogP contribution in [-0.2, 0) is 17.8 Å². The summed E-state index contributed by atoms with van der Waals surface area (Å²) in [4.78, 5) is 17.3. The van der Waals surface area contributed by atoms with Crippen molar-refractivity contribution < 1.29 is 4.79 Å². The van der Waals surface area contributed by atoms with Gasteiger partial charge >= 0.3 is 0 Å². The highest BCUT2D eigenvalue weighted by Gasteiger charge is 2.21. The second-order valence-corrected chi connectivity index (χ2v) is 5.18. The van der Waals surface area contributed by atoms with Gasteiger partial charge in [0.1, 0.15) is 5.01 Å². The van der Waals surface area contributed by atoms with Crippen molar-refractivity contribution in [2.45, 2.75) is 26.3 Å². The van der Waals surface area contributed by atoms with Crippen LogP contribution in [0.3, 0.4) is 0 Å². The Morgan fingerprint density at radius 3 is 2.94 bits per heavy atom. The number of nitrogens with zero attached hydrogens (tertiary/aromatic N) is 1. The molecule has 1 aromatic heterocycles. The maximum atomic E-state index is 11.7. The lowest BCUT2D eigenvalue weighted by atomic mass is 10.1. The summed E-state index contributed by atoms with van der Waals surface area (Å²) in [6, 6.07) is 0. The van der Waals surface area contributed by atoms with Gasteiger partial charge in [0.05, 0.1) is 12.5 Å². The standard InChI is InChI=1S/C11H17N3OS.2ClH/c1-2-9-6-13-10(16-9)7-14-11(15)8-3-4-12-5-8;;/h6,8,12H,2-5,7H2,1H3,(H,14,15);2*1H. The zero-order chi connectivity index (χ0) is 11.4. The first-order chi connectivity index (χ1) is 7.79. The van der Waals surface area contributed by atoms with Gasteiger partial charge in [-0.1, -0.05) is 6.92 Å². The number of aromatic nitrogens is 1. The molecule has 1 aliphatic heterocycles. The monoisotopic (exact) mass is 311 g/mol. The second kappa shape index (κ2) is 8.69. The summed E-state index contributed by atoms with van der Waals surface area (Å²) in [5.74, 6) is 0.295. The van der Waals surface area contributed by atoms with Crippen molar-refractivity contribution in [3.8, 4) is 0 Å². The Balaban J connectivity index is 0.00000144. The van der Waals surface area contributed by atoms with Crippen LogP contribution in [0, 0.1) is 5.92 Å². The predicted molar refractivity (Wildman–Crippen MR) is 78.8 cm³/mol. The van der Waals surface area contributed by atoms with E-state index in [0.717, 1.165) is 30.9 Å². The number of aryl methyl sites for hydroxylation is 1. The predicted octanol–water partition coefficient (Wildman–Crippen LogP) is 1.77. The van der Waals surface area contributed by atoms with E-state index in [0.29, 0.717) is 6.54 Å². The van der Waals surface area contributed by atoms with Gasteiger partial charge < -0.3 is 10.6 Å². The minimum absolute atomic E-state index is 0. The second-order valence-electron chi connectivity index (χ2n) is 3.98. The summed E-state index contributed by atoms with van der Waals surface area (Å²) < 4.78 is 0. The molecule has 1 amide bonds. The molecule has 1 unspecified atom stereocenters. The fourth-order valence-corrected chi connectivity index (χ4v) is 2.58. The van der Waals surface area contributed by atoms with Crippen LogP contribution in [0.4, 0.5) is 0 Å². The molecule has 104 valence electrons. The zero-order valence-electron chi connectivity index (χ0n) is 10.3. The molecule has 2 rings (SSSR count). The van der Waals surface area contributed by atoms with Gasteiger partial charge in [0, 0.05) is 17.6 Å². The van der Waals surface area contributed by atoms with Crippen LogP contribution in [0.15, 0.2) is 6.20 Å². The van der Waals surface area contributed by atoms with Gasteiger partial charge in [-0.15, -0.1) is 36.2 Å². The lowest BCUT2D eigenvalue weighted by Gasteiger charge is -2.07. The molecule has 0 aromatic carbocycles. The molecule has 1 atom stereocenters. The maximum Gasteiger partial charge on any atom is 0.224 e. The van der Waals surface area contributed by atoms with Crippen LogP contribution in [0.5, 0.6) is 0 Å². The Hall–Kier alpha value is -0.360.